The number of hydrogen-bond acceptors (Lipinski definition) is 8. The van der Waals surface area contributed by atoms with Gasteiger partial charge in [-0.2, -0.15) is 4.98 Å². The van der Waals surface area contributed by atoms with Crippen LogP contribution < -0.4 is 10.6 Å². The van der Waals surface area contributed by atoms with Crippen LogP contribution in [0.2, 0.25) is 0 Å². The van der Waals surface area contributed by atoms with Crippen molar-refractivity contribution in [3.8, 4) is 0 Å². The maximum atomic E-state index is 11.0. The molecule has 100 valence electrons. The third-order valence-electron chi connectivity index (χ3n) is 2.28. The number of rotatable bonds is 6. The third kappa shape index (κ3) is 3.02. The van der Waals surface area contributed by atoms with Crippen molar-refractivity contribution < 1.29 is 15.1 Å². The van der Waals surface area contributed by atoms with Gasteiger partial charge >= 0.3 is 5.69 Å². The first-order valence-electron chi connectivity index (χ1n) is 5.26. The van der Waals surface area contributed by atoms with Crippen molar-refractivity contribution in [2.24, 2.45) is 0 Å². The Morgan fingerprint density at radius 2 is 1.89 bits per heavy atom. The fourth-order valence-electron chi connectivity index (χ4n) is 1.57. The van der Waals surface area contributed by atoms with Crippen LogP contribution in [0.25, 0.3) is 0 Å². The predicted octanol–water partition coefficient (Wildman–Crippen LogP) is -0.934. The molecule has 0 radical (unpaired) electrons. The van der Waals surface area contributed by atoms with Gasteiger partial charge in [-0.1, -0.05) is 0 Å². The van der Waals surface area contributed by atoms with Crippen molar-refractivity contribution in [3.05, 3.63) is 15.8 Å². The molecule has 1 aromatic rings. The normalized spacial score (nSPS) is 10.4. The van der Waals surface area contributed by atoms with Crippen LogP contribution in [0.4, 0.5) is 17.5 Å². The molecule has 0 aliphatic carbocycles. The summed E-state index contributed by atoms with van der Waals surface area (Å²) in [5.74, 6) is -0.0814. The van der Waals surface area contributed by atoms with Crippen LogP contribution in [-0.2, 0) is 0 Å². The molecule has 0 saturated heterocycles. The smallest absolute Gasteiger partial charge is 0.332 e. The Bertz CT molecular complexity index is 433. The van der Waals surface area contributed by atoms with E-state index in [1.54, 1.807) is 0 Å². The molecule has 9 heteroatoms. The second kappa shape index (κ2) is 6.07. The average molecular weight is 257 g/mol. The Hall–Kier alpha value is -2.00. The maximum absolute atomic E-state index is 11.0. The third-order valence-corrected chi connectivity index (χ3v) is 2.28. The van der Waals surface area contributed by atoms with E-state index in [1.807, 2.05) is 0 Å². The van der Waals surface area contributed by atoms with Gasteiger partial charge in [-0.3, -0.25) is 10.1 Å². The number of aliphatic hydroxyl groups is 2. The minimum Gasteiger partial charge on any atom is -0.395 e. The summed E-state index contributed by atoms with van der Waals surface area (Å²) in [6, 6.07) is 0. The molecular weight excluding hydrogens is 242 g/mol. The predicted molar refractivity (Wildman–Crippen MR) is 64.2 cm³/mol. The first-order chi connectivity index (χ1) is 8.51. The van der Waals surface area contributed by atoms with E-state index in [9.17, 15) is 10.1 Å². The van der Waals surface area contributed by atoms with Crippen LogP contribution in [0.3, 0.4) is 0 Å². The number of anilines is 2. The first kappa shape index (κ1) is 14.1. The molecule has 0 bridgehead atoms. The van der Waals surface area contributed by atoms with Crippen molar-refractivity contribution in [3.63, 3.8) is 0 Å². The van der Waals surface area contributed by atoms with Gasteiger partial charge in [-0.05, 0) is 6.92 Å². The zero-order chi connectivity index (χ0) is 13.7. The highest BCUT2D eigenvalue weighted by molar-refractivity contribution is 5.62. The molecule has 1 heterocycles. The fourth-order valence-corrected chi connectivity index (χ4v) is 1.57. The molecule has 0 aliphatic heterocycles. The van der Waals surface area contributed by atoms with Crippen LogP contribution in [0.15, 0.2) is 0 Å². The molecule has 0 unspecified atom stereocenters. The molecule has 1 aromatic heterocycles. The van der Waals surface area contributed by atoms with E-state index >= 15 is 0 Å². The molecule has 0 atom stereocenters. The van der Waals surface area contributed by atoms with Crippen molar-refractivity contribution in [1.82, 2.24) is 9.97 Å². The summed E-state index contributed by atoms with van der Waals surface area (Å²) >= 11 is 0. The van der Waals surface area contributed by atoms with Crippen LogP contribution in [0, 0.1) is 17.0 Å². The number of nitro groups is 1. The Balaban J connectivity index is 3.29. The highest BCUT2D eigenvalue weighted by atomic mass is 16.6. The number of nitrogen functional groups attached to an aromatic ring is 1. The van der Waals surface area contributed by atoms with Gasteiger partial charge in [0.25, 0.3) is 0 Å². The van der Waals surface area contributed by atoms with E-state index < -0.39 is 4.92 Å². The van der Waals surface area contributed by atoms with Gasteiger partial charge in [0.05, 0.1) is 18.1 Å². The van der Waals surface area contributed by atoms with E-state index in [1.165, 1.54) is 11.8 Å². The van der Waals surface area contributed by atoms with E-state index in [4.69, 9.17) is 15.9 Å². The standard InChI is InChI=1S/C9H15N5O4/c1-6-7(14(17)18)8(12-9(10)11-6)13(2-4-15)3-5-16/h15-16H,2-5H2,1H3,(H2,10,11,12). The van der Waals surface area contributed by atoms with Gasteiger partial charge in [0.1, 0.15) is 5.69 Å². The summed E-state index contributed by atoms with van der Waals surface area (Å²) in [6.07, 6.45) is 0. The molecule has 1 rings (SSSR count). The largest absolute Gasteiger partial charge is 0.395 e. The highest BCUT2D eigenvalue weighted by Gasteiger charge is 2.25. The lowest BCUT2D eigenvalue weighted by atomic mass is 10.3. The molecule has 18 heavy (non-hydrogen) atoms. The number of aromatic nitrogens is 2. The average Bonchev–Trinajstić information content (AvgIpc) is 2.26. The number of nitrogens with zero attached hydrogens (tertiary/aromatic N) is 4. The zero-order valence-electron chi connectivity index (χ0n) is 9.91. The first-order valence-corrected chi connectivity index (χ1v) is 5.26. The van der Waals surface area contributed by atoms with Gasteiger partial charge in [-0.25, -0.2) is 4.98 Å². The summed E-state index contributed by atoms with van der Waals surface area (Å²) < 4.78 is 0. The lowest BCUT2D eigenvalue weighted by Gasteiger charge is -2.21. The molecule has 0 aromatic carbocycles. The monoisotopic (exact) mass is 257 g/mol. The lowest BCUT2D eigenvalue weighted by molar-refractivity contribution is -0.385. The minimum absolute atomic E-state index is 0.00750. The van der Waals surface area contributed by atoms with Crippen molar-refractivity contribution in [2.75, 3.05) is 36.9 Å². The molecule has 0 saturated carbocycles. The van der Waals surface area contributed by atoms with Crippen molar-refractivity contribution >= 4 is 17.5 Å². The highest BCUT2D eigenvalue weighted by Crippen LogP contribution is 2.28. The second-order valence-corrected chi connectivity index (χ2v) is 3.53. The fraction of sp³-hybridized carbons (Fsp3) is 0.556. The summed E-state index contributed by atoms with van der Waals surface area (Å²) in [6.45, 7) is 1.23. The van der Waals surface area contributed by atoms with Gasteiger partial charge in [-0.15, -0.1) is 0 Å². The van der Waals surface area contributed by atoms with Crippen molar-refractivity contribution in [2.45, 2.75) is 6.92 Å². The number of hydrogen-bond donors (Lipinski definition) is 3. The Morgan fingerprint density at radius 3 is 2.33 bits per heavy atom. The zero-order valence-corrected chi connectivity index (χ0v) is 9.91. The van der Waals surface area contributed by atoms with Gasteiger partial charge in [0, 0.05) is 13.1 Å². The Labute approximate surface area is 103 Å². The number of nitrogens with two attached hydrogens (primary N) is 1. The lowest BCUT2D eigenvalue weighted by Crippen LogP contribution is -2.31. The summed E-state index contributed by atoms with van der Waals surface area (Å²) in [5, 5.41) is 28.8. The van der Waals surface area contributed by atoms with Crippen LogP contribution in [0.5, 0.6) is 0 Å². The topological polar surface area (TPSA) is 139 Å². The van der Waals surface area contributed by atoms with Gasteiger partial charge in [0.15, 0.2) is 0 Å². The van der Waals surface area contributed by atoms with Crippen LogP contribution in [-0.4, -0.2) is 51.4 Å². The Kier molecular flexibility index (Phi) is 4.75. The van der Waals surface area contributed by atoms with E-state index in [0.717, 1.165) is 0 Å². The number of aryl methyl sites for hydroxylation is 1. The van der Waals surface area contributed by atoms with Gasteiger partial charge in [0.2, 0.25) is 11.8 Å². The minimum atomic E-state index is -0.605. The van der Waals surface area contributed by atoms with E-state index in [0.29, 0.717) is 0 Å². The Morgan fingerprint density at radius 1 is 1.33 bits per heavy atom. The molecule has 9 nitrogen and oxygen atoms in total. The van der Waals surface area contributed by atoms with E-state index in [2.05, 4.69) is 9.97 Å². The molecule has 0 amide bonds. The SMILES string of the molecule is Cc1nc(N)nc(N(CCO)CCO)c1[N+](=O)[O-]. The summed E-state index contributed by atoms with van der Waals surface area (Å²) in [4.78, 5) is 19.3. The summed E-state index contributed by atoms with van der Waals surface area (Å²) in [7, 11) is 0. The molecule has 0 spiro atoms. The summed E-state index contributed by atoms with van der Waals surface area (Å²) in [5.41, 5.74) is 5.33. The van der Waals surface area contributed by atoms with Crippen molar-refractivity contribution in [1.29, 1.82) is 0 Å². The maximum Gasteiger partial charge on any atom is 0.332 e. The molecular formula is C9H15N5O4. The second-order valence-electron chi connectivity index (χ2n) is 3.53. The number of aliphatic hydroxyl groups excluding tert-OH is 2. The van der Waals surface area contributed by atoms with Crippen LogP contribution >= 0.6 is 0 Å². The van der Waals surface area contributed by atoms with E-state index in [-0.39, 0.29) is 49.5 Å². The quantitative estimate of drug-likeness (QED) is 0.438. The molecule has 0 fully saturated rings. The van der Waals surface area contributed by atoms with Crippen LogP contribution in [0.1, 0.15) is 5.69 Å². The molecule has 4 N–H and O–H groups in total. The van der Waals surface area contributed by atoms with Gasteiger partial charge < -0.3 is 20.8 Å². The molecule has 0 aliphatic rings.